The average molecular weight is 295 g/mol. The first-order valence-electron chi connectivity index (χ1n) is 7.42. The zero-order valence-electron chi connectivity index (χ0n) is 12.3. The van der Waals surface area contributed by atoms with Crippen molar-refractivity contribution in [1.82, 2.24) is 10.2 Å². The number of rotatable bonds is 4. The fraction of sp³-hybridized carbons (Fsp3) is 0.562. The second kappa shape index (κ2) is 7.09. The van der Waals surface area contributed by atoms with Crippen LogP contribution in [0.25, 0.3) is 0 Å². The maximum Gasteiger partial charge on any atom is 0.255 e. The van der Waals surface area contributed by atoms with Crippen LogP contribution in [-0.2, 0) is 0 Å². The van der Waals surface area contributed by atoms with Gasteiger partial charge in [-0.15, -0.1) is 0 Å². The van der Waals surface area contributed by atoms with E-state index in [1.54, 1.807) is 0 Å². The van der Waals surface area contributed by atoms with Gasteiger partial charge in [-0.05, 0) is 50.9 Å². The van der Waals surface area contributed by atoms with Crippen LogP contribution in [0.15, 0.2) is 18.2 Å². The van der Waals surface area contributed by atoms with E-state index in [0.29, 0.717) is 16.6 Å². The first-order valence-corrected chi connectivity index (χ1v) is 7.79. The van der Waals surface area contributed by atoms with Gasteiger partial charge in [0.1, 0.15) is 0 Å². The Morgan fingerprint density at radius 2 is 2.10 bits per heavy atom. The maximum absolute atomic E-state index is 12.8. The number of carbonyl (C=O) groups is 1. The van der Waals surface area contributed by atoms with Crippen molar-refractivity contribution in [2.45, 2.75) is 39.2 Å². The highest BCUT2D eigenvalue weighted by molar-refractivity contribution is 6.34. The normalized spacial score (nSPS) is 16.1. The van der Waals surface area contributed by atoms with Gasteiger partial charge < -0.3 is 10.2 Å². The third-order valence-corrected chi connectivity index (χ3v) is 4.40. The smallest absolute Gasteiger partial charge is 0.255 e. The highest BCUT2D eigenvalue weighted by atomic mass is 35.5. The minimum absolute atomic E-state index is 0.0763. The highest BCUT2D eigenvalue weighted by Gasteiger charge is 2.26. The Balaban J connectivity index is 2.23. The van der Waals surface area contributed by atoms with Crippen molar-refractivity contribution in [3.05, 3.63) is 34.3 Å². The van der Waals surface area contributed by atoms with Gasteiger partial charge >= 0.3 is 0 Å². The van der Waals surface area contributed by atoms with E-state index in [9.17, 15) is 4.79 Å². The van der Waals surface area contributed by atoms with E-state index >= 15 is 0 Å². The summed E-state index contributed by atoms with van der Waals surface area (Å²) in [5.41, 5.74) is 1.60. The quantitative estimate of drug-likeness (QED) is 0.924. The molecule has 3 nitrogen and oxygen atoms in total. The third kappa shape index (κ3) is 3.33. The summed E-state index contributed by atoms with van der Waals surface area (Å²) in [7, 11) is 0. The van der Waals surface area contributed by atoms with Gasteiger partial charge in [-0.1, -0.05) is 30.7 Å². The van der Waals surface area contributed by atoms with E-state index in [4.69, 9.17) is 11.6 Å². The largest absolute Gasteiger partial charge is 0.336 e. The molecule has 1 aliphatic heterocycles. The number of nitrogens with zero attached hydrogens (tertiary/aromatic N) is 1. The van der Waals surface area contributed by atoms with Gasteiger partial charge in [-0.3, -0.25) is 4.79 Å². The summed E-state index contributed by atoms with van der Waals surface area (Å²) >= 11 is 6.31. The van der Waals surface area contributed by atoms with Crippen LogP contribution in [0.4, 0.5) is 0 Å². The Morgan fingerprint density at radius 3 is 2.75 bits per heavy atom. The van der Waals surface area contributed by atoms with Gasteiger partial charge in [0.2, 0.25) is 0 Å². The van der Waals surface area contributed by atoms with Gasteiger partial charge in [-0.25, -0.2) is 0 Å². The van der Waals surface area contributed by atoms with Gasteiger partial charge in [0.15, 0.2) is 0 Å². The fourth-order valence-corrected chi connectivity index (χ4v) is 2.98. The molecule has 1 aromatic carbocycles. The van der Waals surface area contributed by atoms with Crippen LogP contribution in [0.5, 0.6) is 0 Å². The molecule has 1 saturated heterocycles. The first-order chi connectivity index (χ1) is 9.65. The van der Waals surface area contributed by atoms with Gasteiger partial charge in [-0.2, -0.15) is 0 Å². The molecule has 2 rings (SSSR count). The van der Waals surface area contributed by atoms with E-state index in [0.717, 1.165) is 44.5 Å². The second-order valence-electron chi connectivity index (χ2n) is 5.42. The summed E-state index contributed by atoms with van der Waals surface area (Å²) in [6, 6.07) is 6.01. The van der Waals surface area contributed by atoms with Crippen molar-refractivity contribution in [2.75, 3.05) is 19.6 Å². The van der Waals surface area contributed by atoms with Gasteiger partial charge in [0.25, 0.3) is 5.91 Å². The van der Waals surface area contributed by atoms with E-state index in [1.165, 1.54) is 0 Å². The van der Waals surface area contributed by atoms with Crippen LogP contribution < -0.4 is 5.32 Å². The molecular formula is C16H23ClN2O. The van der Waals surface area contributed by atoms with Crippen molar-refractivity contribution in [2.24, 2.45) is 0 Å². The lowest BCUT2D eigenvalue weighted by atomic mass is 10.0. The summed E-state index contributed by atoms with van der Waals surface area (Å²) in [5.74, 6) is 0.0763. The third-order valence-electron chi connectivity index (χ3n) is 3.90. The number of hydrogen-bond donors (Lipinski definition) is 1. The summed E-state index contributed by atoms with van der Waals surface area (Å²) in [4.78, 5) is 14.8. The first kappa shape index (κ1) is 15.3. The highest BCUT2D eigenvalue weighted by Crippen LogP contribution is 2.24. The molecule has 0 aromatic heterocycles. The van der Waals surface area contributed by atoms with Crippen LogP contribution in [-0.4, -0.2) is 36.5 Å². The number of halogens is 1. The summed E-state index contributed by atoms with van der Waals surface area (Å²) in [5, 5.41) is 3.94. The minimum Gasteiger partial charge on any atom is -0.336 e. The number of benzene rings is 1. The SMILES string of the molecule is CCCN(C(=O)c1cccc(C)c1Cl)C1CCNCC1. The van der Waals surface area contributed by atoms with Crippen LogP contribution in [0.3, 0.4) is 0 Å². The predicted molar refractivity (Wildman–Crippen MR) is 83.4 cm³/mol. The Labute approximate surface area is 126 Å². The molecule has 1 amide bonds. The monoisotopic (exact) mass is 294 g/mol. The lowest BCUT2D eigenvalue weighted by molar-refractivity contribution is 0.0643. The summed E-state index contributed by atoms with van der Waals surface area (Å²) < 4.78 is 0. The topological polar surface area (TPSA) is 32.3 Å². The number of carbonyl (C=O) groups excluding carboxylic acids is 1. The molecule has 0 atom stereocenters. The molecule has 1 fully saturated rings. The molecule has 0 saturated carbocycles. The molecule has 0 radical (unpaired) electrons. The Bertz CT molecular complexity index is 470. The number of piperidine rings is 1. The zero-order chi connectivity index (χ0) is 14.5. The standard InChI is InChI=1S/C16H23ClN2O/c1-3-11-19(13-7-9-18-10-8-13)16(20)14-6-4-5-12(2)15(14)17/h4-6,13,18H,3,7-11H2,1-2H3. The summed E-state index contributed by atoms with van der Waals surface area (Å²) in [6.45, 7) is 6.82. The van der Waals surface area contributed by atoms with Crippen molar-refractivity contribution < 1.29 is 4.79 Å². The molecule has 0 unspecified atom stereocenters. The fourth-order valence-electron chi connectivity index (χ4n) is 2.78. The lowest BCUT2D eigenvalue weighted by Crippen LogP contribution is -2.46. The van der Waals surface area contributed by atoms with Crippen LogP contribution in [0, 0.1) is 6.92 Å². The second-order valence-corrected chi connectivity index (χ2v) is 5.79. The molecule has 110 valence electrons. The molecule has 1 N–H and O–H groups in total. The molecule has 1 heterocycles. The molecule has 1 aliphatic rings. The van der Waals surface area contributed by atoms with E-state index in [2.05, 4.69) is 12.2 Å². The Hall–Kier alpha value is -1.06. The average Bonchev–Trinajstić information content (AvgIpc) is 2.48. The molecule has 1 aromatic rings. The Kier molecular flexibility index (Phi) is 5.44. The molecule has 0 aliphatic carbocycles. The van der Waals surface area contributed by atoms with E-state index in [1.807, 2.05) is 30.0 Å². The number of nitrogens with one attached hydrogen (secondary N) is 1. The van der Waals surface area contributed by atoms with Crippen molar-refractivity contribution >= 4 is 17.5 Å². The molecule has 0 bridgehead atoms. The lowest BCUT2D eigenvalue weighted by Gasteiger charge is -2.35. The van der Waals surface area contributed by atoms with Crippen molar-refractivity contribution in [3.8, 4) is 0 Å². The van der Waals surface area contributed by atoms with Gasteiger partial charge in [0, 0.05) is 12.6 Å². The minimum atomic E-state index is 0.0763. The molecular weight excluding hydrogens is 272 g/mol. The predicted octanol–water partition coefficient (Wildman–Crippen LogP) is 3.25. The van der Waals surface area contributed by atoms with Crippen molar-refractivity contribution in [3.63, 3.8) is 0 Å². The van der Waals surface area contributed by atoms with E-state index in [-0.39, 0.29) is 5.91 Å². The zero-order valence-corrected chi connectivity index (χ0v) is 13.0. The number of amides is 1. The van der Waals surface area contributed by atoms with E-state index < -0.39 is 0 Å². The number of hydrogen-bond acceptors (Lipinski definition) is 2. The molecule has 0 spiro atoms. The maximum atomic E-state index is 12.8. The summed E-state index contributed by atoms with van der Waals surface area (Å²) in [6.07, 6.45) is 3.02. The van der Waals surface area contributed by atoms with Crippen LogP contribution in [0.1, 0.15) is 42.1 Å². The Morgan fingerprint density at radius 1 is 1.40 bits per heavy atom. The molecule has 20 heavy (non-hydrogen) atoms. The van der Waals surface area contributed by atoms with Crippen molar-refractivity contribution in [1.29, 1.82) is 0 Å². The molecule has 4 heteroatoms. The van der Waals surface area contributed by atoms with Crippen LogP contribution in [0.2, 0.25) is 5.02 Å². The van der Waals surface area contributed by atoms with Gasteiger partial charge in [0.05, 0.1) is 10.6 Å². The van der Waals surface area contributed by atoms with Crippen LogP contribution >= 0.6 is 11.6 Å². The number of aryl methyl sites for hydroxylation is 1.